The standard InChI is InChI=1S/C48H27N3OS/c1-5-17-37-29(11-1)33-24-25-34-30-12-2-6-18-38(30)51-42-27-28(23-26-39(42)50(37)45(33)46(34)51)49(40-19-9-15-35-31-13-3-7-21-43(31)52-47(35)40)41-20-10-16-36-32-14-4-8-22-44(32)53-48(36)41/h1-27H. The molecule has 246 valence electrons. The summed E-state index contributed by atoms with van der Waals surface area (Å²) in [6.07, 6.45) is 0. The zero-order valence-electron chi connectivity index (χ0n) is 28.2. The van der Waals surface area contributed by atoms with Gasteiger partial charge in [0, 0.05) is 53.5 Å². The summed E-state index contributed by atoms with van der Waals surface area (Å²) in [4.78, 5) is 2.43. The second-order valence-corrected chi connectivity index (χ2v) is 15.1. The SMILES string of the molecule is c1ccc2c(c1)oc1c(N(c3ccc4c(c3)n3c5ccccc5c5ccc6c7ccccc7n4c6c53)c3cccc4c3sc3ccccc34)cccc12. The first-order chi connectivity index (χ1) is 26.3. The lowest BCUT2D eigenvalue weighted by Crippen LogP contribution is -2.11. The van der Waals surface area contributed by atoms with Crippen LogP contribution in [0.5, 0.6) is 0 Å². The van der Waals surface area contributed by atoms with Crippen LogP contribution in [-0.2, 0) is 0 Å². The topological polar surface area (TPSA) is 25.2 Å². The number of furan rings is 1. The average Bonchev–Trinajstić information content (AvgIpc) is 3.97. The van der Waals surface area contributed by atoms with Gasteiger partial charge in [0.05, 0.1) is 49.2 Å². The van der Waals surface area contributed by atoms with Gasteiger partial charge in [-0.25, -0.2) is 0 Å². The molecule has 13 rings (SSSR count). The Hall–Kier alpha value is -6.82. The van der Waals surface area contributed by atoms with Crippen LogP contribution in [0.3, 0.4) is 0 Å². The summed E-state index contributed by atoms with van der Waals surface area (Å²) < 4.78 is 14.3. The summed E-state index contributed by atoms with van der Waals surface area (Å²) in [6.45, 7) is 0. The summed E-state index contributed by atoms with van der Waals surface area (Å²) in [5.74, 6) is 0. The number of nitrogens with zero attached hydrogens (tertiary/aromatic N) is 3. The Bertz CT molecular complexity index is 3540. The highest BCUT2D eigenvalue weighted by atomic mass is 32.1. The fourth-order valence-corrected chi connectivity index (χ4v) is 10.5. The molecule has 0 unspecified atom stereocenters. The van der Waals surface area contributed by atoms with Crippen molar-refractivity contribution in [3.05, 3.63) is 164 Å². The molecule has 0 amide bonds. The van der Waals surface area contributed by atoms with E-state index in [1.807, 2.05) is 17.4 Å². The van der Waals surface area contributed by atoms with Gasteiger partial charge >= 0.3 is 0 Å². The lowest BCUT2D eigenvalue weighted by molar-refractivity contribution is 0.669. The second kappa shape index (κ2) is 9.94. The summed E-state index contributed by atoms with van der Waals surface area (Å²) in [5, 5.41) is 9.85. The van der Waals surface area contributed by atoms with Gasteiger partial charge in [-0.1, -0.05) is 109 Å². The van der Waals surface area contributed by atoms with E-state index < -0.39 is 0 Å². The molecule has 13 aromatic rings. The molecule has 0 aliphatic rings. The number of anilines is 3. The van der Waals surface area contributed by atoms with Gasteiger partial charge in [-0.2, -0.15) is 0 Å². The van der Waals surface area contributed by atoms with E-state index in [-0.39, 0.29) is 0 Å². The number of rotatable bonds is 3. The lowest BCUT2D eigenvalue weighted by atomic mass is 10.1. The smallest absolute Gasteiger partial charge is 0.159 e. The average molecular weight is 694 g/mol. The Morgan fingerprint density at radius 1 is 0.415 bits per heavy atom. The maximum absolute atomic E-state index is 6.76. The largest absolute Gasteiger partial charge is 0.454 e. The minimum Gasteiger partial charge on any atom is -0.454 e. The van der Waals surface area contributed by atoms with Crippen LogP contribution < -0.4 is 4.90 Å². The number of hydrogen-bond acceptors (Lipinski definition) is 3. The van der Waals surface area contributed by atoms with Crippen LogP contribution >= 0.6 is 11.3 Å². The fourth-order valence-electron chi connectivity index (χ4n) is 9.24. The molecule has 53 heavy (non-hydrogen) atoms. The summed E-state index contributed by atoms with van der Waals surface area (Å²) in [6, 6.07) is 59.7. The van der Waals surface area contributed by atoms with E-state index in [1.54, 1.807) is 0 Å². The first-order valence-corrected chi connectivity index (χ1v) is 18.8. The highest BCUT2D eigenvalue weighted by Crippen LogP contribution is 2.49. The number of thiophene rings is 1. The summed E-state index contributed by atoms with van der Waals surface area (Å²) in [5.41, 5.74) is 12.2. The molecule has 0 N–H and O–H groups in total. The Morgan fingerprint density at radius 2 is 1.02 bits per heavy atom. The Labute approximate surface area is 305 Å². The number of benzene rings is 8. The molecule has 0 radical (unpaired) electrons. The van der Waals surface area contributed by atoms with Crippen molar-refractivity contribution in [3.63, 3.8) is 0 Å². The van der Waals surface area contributed by atoms with Crippen LogP contribution in [0.25, 0.3) is 96.8 Å². The van der Waals surface area contributed by atoms with Crippen molar-refractivity contribution in [2.45, 2.75) is 0 Å². The van der Waals surface area contributed by atoms with Gasteiger partial charge in [0.2, 0.25) is 0 Å². The number of fused-ring (bicyclic) bond motifs is 15. The van der Waals surface area contributed by atoms with Crippen molar-refractivity contribution in [2.75, 3.05) is 4.90 Å². The van der Waals surface area contributed by atoms with Crippen LogP contribution in [0.4, 0.5) is 17.1 Å². The molecule has 0 atom stereocenters. The molecule has 8 aromatic carbocycles. The molecule has 4 nitrogen and oxygen atoms in total. The maximum atomic E-state index is 6.76. The van der Waals surface area contributed by atoms with Gasteiger partial charge < -0.3 is 18.1 Å². The molecule has 0 aliphatic carbocycles. The number of para-hydroxylation sites is 4. The molecule has 5 heterocycles. The maximum Gasteiger partial charge on any atom is 0.159 e. The van der Waals surface area contributed by atoms with Crippen LogP contribution in [0.15, 0.2) is 168 Å². The minimum absolute atomic E-state index is 0.877. The number of aromatic nitrogens is 2. The van der Waals surface area contributed by atoms with E-state index in [0.29, 0.717) is 0 Å². The molecule has 0 bridgehead atoms. The van der Waals surface area contributed by atoms with Crippen molar-refractivity contribution in [3.8, 4) is 0 Å². The quantitative estimate of drug-likeness (QED) is 0.172. The van der Waals surface area contributed by atoms with Crippen molar-refractivity contribution < 1.29 is 4.42 Å². The van der Waals surface area contributed by atoms with Gasteiger partial charge in [-0.15, -0.1) is 11.3 Å². The van der Waals surface area contributed by atoms with Gasteiger partial charge in [-0.05, 0) is 54.6 Å². The van der Waals surface area contributed by atoms with E-state index in [1.165, 1.54) is 69.3 Å². The third-order valence-electron chi connectivity index (χ3n) is 11.4. The third-order valence-corrected chi connectivity index (χ3v) is 12.6. The van der Waals surface area contributed by atoms with E-state index in [0.717, 1.165) is 44.5 Å². The normalized spacial score (nSPS) is 12.5. The van der Waals surface area contributed by atoms with Crippen LogP contribution in [-0.4, -0.2) is 8.80 Å². The Kier molecular flexibility index (Phi) is 5.22. The number of hydrogen-bond donors (Lipinski definition) is 0. The zero-order valence-corrected chi connectivity index (χ0v) is 29.1. The Balaban J connectivity index is 1.21. The molecule has 0 fully saturated rings. The first kappa shape index (κ1) is 27.8. The molecule has 5 heteroatoms. The highest BCUT2D eigenvalue weighted by molar-refractivity contribution is 7.26. The van der Waals surface area contributed by atoms with E-state index in [2.05, 4.69) is 171 Å². The van der Waals surface area contributed by atoms with Gasteiger partial charge in [0.25, 0.3) is 0 Å². The van der Waals surface area contributed by atoms with Crippen LogP contribution in [0.1, 0.15) is 0 Å². The molecule has 0 spiro atoms. The molecular weight excluding hydrogens is 667 g/mol. The van der Waals surface area contributed by atoms with Crippen molar-refractivity contribution >= 4 is 125 Å². The van der Waals surface area contributed by atoms with Crippen molar-refractivity contribution in [2.24, 2.45) is 0 Å². The van der Waals surface area contributed by atoms with Gasteiger partial charge in [0.1, 0.15) is 5.58 Å². The van der Waals surface area contributed by atoms with Crippen LogP contribution in [0, 0.1) is 0 Å². The molecular formula is C48H27N3OS. The molecule has 5 aromatic heterocycles. The monoisotopic (exact) mass is 693 g/mol. The highest BCUT2D eigenvalue weighted by Gasteiger charge is 2.25. The fraction of sp³-hybridized carbons (Fsp3) is 0. The van der Waals surface area contributed by atoms with Gasteiger partial charge in [0.15, 0.2) is 5.58 Å². The molecule has 0 saturated carbocycles. The minimum atomic E-state index is 0.877. The summed E-state index contributed by atoms with van der Waals surface area (Å²) in [7, 11) is 0. The molecule has 0 aliphatic heterocycles. The lowest BCUT2D eigenvalue weighted by Gasteiger charge is -2.27. The predicted octanol–water partition coefficient (Wildman–Crippen LogP) is 14.0. The van der Waals surface area contributed by atoms with Crippen molar-refractivity contribution in [1.82, 2.24) is 8.80 Å². The zero-order chi connectivity index (χ0) is 34.4. The Morgan fingerprint density at radius 3 is 1.79 bits per heavy atom. The predicted molar refractivity (Wildman–Crippen MR) is 224 cm³/mol. The van der Waals surface area contributed by atoms with E-state index in [4.69, 9.17) is 4.42 Å². The van der Waals surface area contributed by atoms with Gasteiger partial charge in [-0.3, -0.25) is 0 Å². The molecule has 0 saturated heterocycles. The third kappa shape index (κ3) is 3.50. The van der Waals surface area contributed by atoms with Crippen LogP contribution in [0.2, 0.25) is 0 Å². The van der Waals surface area contributed by atoms with Crippen molar-refractivity contribution in [1.29, 1.82) is 0 Å². The van der Waals surface area contributed by atoms with E-state index in [9.17, 15) is 0 Å². The second-order valence-electron chi connectivity index (χ2n) is 14.1. The summed E-state index contributed by atoms with van der Waals surface area (Å²) >= 11 is 1.85. The first-order valence-electron chi connectivity index (χ1n) is 18.0. The van der Waals surface area contributed by atoms with E-state index >= 15 is 0 Å².